The van der Waals surface area contributed by atoms with Gasteiger partial charge in [0.05, 0.1) is 18.2 Å². The first-order chi connectivity index (χ1) is 10.8. The van der Waals surface area contributed by atoms with Gasteiger partial charge in [0, 0.05) is 19.5 Å². The molecule has 3 unspecified atom stereocenters. The summed E-state index contributed by atoms with van der Waals surface area (Å²) >= 11 is 0. The molecule has 128 valence electrons. The molecule has 0 radical (unpaired) electrons. The minimum Gasteiger partial charge on any atom is -0.373 e. The normalized spacial score (nSPS) is 28.6. The first kappa shape index (κ1) is 16.9. The lowest BCUT2D eigenvalue weighted by atomic mass is 9.96. The quantitative estimate of drug-likeness (QED) is 0.425. The Labute approximate surface area is 153 Å². The maximum Gasteiger partial charge on any atom is 0.192 e. The third-order valence-electron chi connectivity index (χ3n) is 4.84. The van der Waals surface area contributed by atoms with Crippen LogP contribution < -0.4 is 10.6 Å². The molecule has 7 nitrogen and oxygen atoms in total. The number of ether oxygens (including phenoxy) is 1. The van der Waals surface area contributed by atoms with Gasteiger partial charge in [-0.3, -0.25) is 0 Å². The van der Waals surface area contributed by atoms with Crippen LogP contribution in [0.4, 0.5) is 0 Å². The highest BCUT2D eigenvalue weighted by molar-refractivity contribution is 14.0. The molecule has 23 heavy (non-hydrogen) atoms. The number of hydrogen-bond donors (Lipinski definition) is 2. The van der Waals surface area contributed by atoms with Crippen molar-refractivity contribution < 1.29 is 4.74 Å². The molecule has 2 bridgehead atoms. The smallest absolute Gasteiger partial charge is 0.192 e. The molecule has 3 aliphatic rings. The predicted molar refractivity (Wildman–Crippen MR) is 98.0 cm³/mol. The highest BCUT2D eigenvalue weighted by Crippen LogP contribution is 2.34. The maximum atomic E-state index is 5.90. The lowest BCUT2D eigenvalue weighted by Crippen LogP contribution is -2.47. The van der Waals surface area contributed by atoms with Gasteiger partial charge in [0.2, 0.25) is 0 Å². The number of aliphatic imine (C=N–C) groups is 1. The van der Waals surface area contributed by atoms with Crippen LogP contribution in [-0.2, 0) is 24.2 Å². The van der Waals surface area contributed by atoms with Crippen molar-refractivity contribution in [3.63, 3.8) is 0 Å². The van der Waals surface area contributed by atoms with Crippen molar-refractivity contribution in [2.75, 3.05) is 6.54 Å². The number of halogens is 1. The van der Waals surface area contributed by atoms with Gasteiger partial charge in [0.25, 0.3) is 0 Å². The Morgan fingerprint density at radius 1 is 1.39 bits per heavy atom. The van der Waals surface area contributed by atoms with E-state index in [1.807, 2.05) is 0 Å². The Morgan fingerprint density at radius 2 is 2.30 bits per heavy atom. The van der Waals surface area contributed by atoms with E-state index in [9.17, 15) is 0 Å². The molecule has 2 fully saturated rings. The van der Waals surface area contributed by atoms with Crippen molar-refractivity contribution >= 4 is 29.9 Å². The average Bonchev–Trinajstić information content (AvgIpc) is 3.26. The topological polar surface area (TPSA) is 76.4 Å². The van der Waals surface area contributed by atoms with Crippen LogP contribution in [0.15, 0.2) is 4.99 Å². The number of nitrogens with zero attached hydrogens (tertiary/aromatic N) is 4. The van der Waals surface area contributed by atoms with Crippen molar-refractivity contribution in [3.05, 3.63) is 11.6 Å². The zero-order valence-electron chi connectivity index (χ0n) is 13.5. The Kier molecular flexibility index (Phi) is 5.40. The van der Waals surface area contributed by atoms with Crippen LogP contribution in [-0.4, -0.2) is 45.5 Å². The zero-order valence-corrected chi connectivity index (χ0v) is 15.8. The van der Waals surface area contributed by atoms with Crippen molar-refractivity contribution in [1.29, 1.82) is 0 Å². The van der Waals surface area contributed by atoms with Gasteiger partial charge in [0.1, 0.15) is 12.4 Å². The van der Waals surface area contributed by atoms with Gasteiger partial charge in [-0.05, 0) is 32.6 Å². The summed E-state index contributed by atoms with van der Waals surface area (Å²) in [7, 11) is 0. The van der Waals surface area contributed by atoms with Gasteiger partial charge in [-0.15, -0.1) is 34.2 Å². The number of guanidine groups is 1. The monoisotopic (exact) mass is 432 g/mol. The lowest BCUT2D eigenvalue weighted by Gasteiger charge is -2.22. The van der Waals surface area contributed by atoms with E-state index in [-0.39, 0.29) is 24.0 Å². The number of nitrogens with one attached hydrogen (secondary N) is 2. The Hall–Kier alpha value is -0.900. The van der Waals surface area contributed by atoms with E-state index in [0.29, 0.717) is 24.8 Å². The molecule has 2 N–H and O–H groups in total. The molecule has 8 heteroatoms. The van der Waals surface area contributed by atoms with Crippen molar-refractivity contribution in [2.24, 2.45) is 4.99 Å². The number of fused-ring (bicyclic) bond motifs is 3. The van der Waals surface area contributed by atoms with Crippen LogP contribution in [0, 0.1) is 0 Å². The summed E-state index contributed by atoms with van der Waals surface area (Å²) in [5.74, 6) is 2.93. The summed E-state index contributed by atoms with van der Waals surface area (Å²) < 4.78 is 8.11. The van der Waals surface area contributed by atoms with Gasteiger partial charge in [0.15, 0.2) is 11.8 Å². The van der Waals surface area contributed by atoms with Crippen LogP contribution >= 0.6 is 24.0 Å². The number of rotatable bonds is 4. The van der Waals surface area contributed by atoms with Crippen molar-refractivity contribution in [3.8, 4) is 0 Å². The lowest BCUT2D eigenvalue weighted by molar-refractivity contribution is 0.0992. The maximum absolute atomic E-state index is 5.90. The minimum atomic E-state index is 0. The summed E-state index contributed by atoms with van der Waals surface area (Å²) in [4.78, 5) is 4.70. The Morgan fingerprint density at radius 3 is 3.04 bits per heavy atom. The standard InChI is InChI=1S/C15H24N6O.HI/c1-2-16-15(18-11-8-10-5-6-12(11)22-10)17-9-14-20-19-13-4-3-7-21(13)14;/h10-12H,2-9H2,1H3,(H2,16,17,18);1H. The highest BCUT2D eigenvalue weighted by Gasteiger charge is 2.41. The van der Waals surface area contributed by atoms with Crippen LogP contribution in [0.2, 0.25) is 0 Å². The number of aromatic nitrogens is 3. The molecule has 1 aromatic heterocycles. The van der Waals surface area contributed by atoms with Gasteiger partial charge in [-0.1, -0.05) is 0 Å². The minimum absolute atomic E-state index is 0. The van der Waals surface area contributed by atoms with Crippen LogP contribution in [0.5, 0.6) is 0 Å². The Bertz CT molecular complexity index is 574. The molecular formula is C15H25IN6O. The summed E-state index contributed by atoms with van der Waals surface area (Å²) in [5, 5.41) is 15.4. The second-order valence-corrected chi connectivity index (χ2v) is 6.34. The van der Waals surface area contributed by atoms with E-state index in [2.05, 4.69) is 32.3 Å². The number of hydrogen-bond acceptors (Lipinski definition) is 4. The molecule has 0 saturated carbocycles. The summed E-state index contributed by atoms with van der Waals surface area (Å²) in [6.07, 6.45) is 6.48. The van der Waals surface area contributed by atoms with E-state index in [4.69, 9.17) is 9.73 Å². The first-order valence-electron chi connectivity index (χ1n) is 8.44. The van der Waals surface area contributed by atoms with Crippen LogP contribution in [0.3, 0.4) is 0 Å². The Balaban J connectivity index is 0.00000156. The third-order valence-corrected chi connectivity index (χ3v) is 4.84. The fourth-order valence-corrected chi connectivity index (χ4v) is 3.76. The molecule has 0 spiro atoms. The van der Waals surface area contributed by atoms with Gasteiger partial charge in [-0.25, -0.2) is 4.99 Å². The van der Waals surface area contributed by atoms with Crippen molar-refractivity contribution in [1.82, 2.24) is 25.4 Å². The second kappa shape index (κ2) is 7.33. The third kappa shape index (κ3) is 3.47. The average molecular weight is 432 g/mol. The van der Waals surface area contributed by atoms with E-state index >= 15 is 0 Å². The molecule has 0 aromatic carbocycles. The highest BCUT2D eigenvalue weighted by atomic mass is 127. The summed E-state index contributed by atoms with van der Waals surface area (Å²) in [6.45, 7) is 4.54. The fourth-order valence-electron chi connectivity index (χ4n) is 3.76. The first-order valence-corrected chi connectivity index (χ1v) is 8.44. The van der Waals surface area contributed by atoms with E-state index in [0.717, 1.165) is 43.5 Å². The molecule has 2 saturated heterocycles. The summed E-state index contributed by atoms with van der Waals surface area (Å²) in [6, 6.07) is 0.390. The molecular weight excluding hydrogens is 407 g/mol. The van der Waals surface area contributed by atoms with Gasteiger partial charge in [-0.2, -0.15) is 0 Å². The van der Waals surface area contributed by atoms with Crippen molar-refractivity contribution in [2.45, 2.75) is 70.4 Å². The van der Waals surface area contributed by atoms with E-state index in [1.54, 1.807) is 0 Å². The molecule has 4 rings (SSSR count). The molecule has 3 aliphatic heterocycles. The van der Waals surface area contributed by atoms with E-state index in [1.165, 1.54) is 19.3 Å². The predicted octanol–water partition coefficient (Wildman–Crippen LogP) is 1.22. The number of aryl methyl sites for hydroxylation is 1. The van der Waals surface area contributed by atoms with E-state index < -0.39 is 0 Å². The largest absolute Gasteiger partial charge is 0.373 e. The van der Waals surface area contributed by atoms with Gasteiger partial charge < -0.3 is 19.9 Å². The van der Waals surface area contributed by atoms with Crippen LogP contribution in [0.1, 0.15) is 44.3 Å². The molecule has 0 aliphatic carbocycles. The summed E-state index contributed by atoms with van der Waals surface area (Å²) in [5.41, 5.74) is 0. The molecule has 1 aromatic rings. The SMILES string of the molecule is CCNC(=NCc1nnc2n1CCC2)NC1CC2CCC1O2.I. The fraction of sp³-hybridized carbons (Fsp3) is 0.800. The second-order valence-electron chi connectivity index (χ2n) is 6.34. The molecule has 3 atom stereocenters. The van der Waals surface area contributed by atoms with Gasteiger partial charge >= 0.3 is 0 Å². The zero-order chi connectivity index (χ0) is 14.9. The van der Waals surface area contributed by atoms with Crippen LogP contribution in [0.25, 0.3) is 0 Å². The molecule has 0 amide bonds. The molecule has 4 heterocycles.